The van der Waals surface area contributed by atoms with Gasteiger partial charge in [0.25, 0.3) is 23.6 Å². The molecule has 4 amide bonds. The molecule has 222 valence electrons. The predicted molar refractivity (Wildman–Crippen MR) is 149 cm³/mol. The van der Waals surface area contributed by atoms with E-state index in [0.717, 1.165) is 28.4 Å². The summed E-state index contributed by atoms with van der Waals surface area (Å²) in [6, 6.07) is 2.19. The molecule has 2 aromatic rings. The van der Waals surface area contributed by atoms with E-state index in [0.29, 0.717) is 5.57 Å². The lowest BCUT2D eigenvalue weighted by molar-refractivity contribution is -0.150. The zero-order valence-corrected chi connectivity index (χ0v) is 23.7. The van der Waals surface area contributed by atoms with E-state index < -0.39 is 64.3 Å². The van der Waals surface area contributed by atoms with Crippen LogP contribution in [0.1, 0.15) is 23.0 Å². The van der Waals surface area contributed by atoms with Gasteiger partial charge in [0.05, 0.1) is 0 Å². The smallest absolute Gasteiger partial charge is 0.352 e. The van der Waals surface area contributed by atoms with Crippen LogP contribution in [0, 0.1) is 0 Å². The van der Waals surface area contributed by atoms with Gasteiger partial charge in [0.1, 0.15) is 22.8 Å². The third-order valence-corrected chi connectivity index (χ3v) is 8.22. The van der Waals surface area contributed by atoms with Gasteiger partial charge < -0.3 is 31.2 Å². The van der Waals surface area contributed by atoms with Crippen molar-refractivity contribution in [2.24, 2.45) is 5.16 Å². The second-order valence-electron chi connectivity index (χ2n) is 8.66. The van der Waals surface area contributed by atoms with E-state index in [-0.39, 0.29) is 33.7 Å². The molecule has 3 heterocycles. The van der Waals surface area contributed by atoms with E-state index in [1.807, 2.05) is 0 Å². The molecule has 4 rings (SSSR count). The predicted octanol–water partition coefficient (Wildman–Crippen LogP) is -0.316. The monoisotopic (exact) mass is 639 g/mol. The summed E-state index contributed by atoms with van der Waals surface area (Å²) in [6.07, 6.45) is -1.36. The Labute approximate surface area is 249 Å². The van der Waals surface area contributed by atoms with Crippen molar-refractivity contribution >= 4 is 75.1 Å². The molecular formula is C23H22ClN7O9S2. The van der Waals surface area contributed by atoms with Gasteiger partial charge in [-0.2, -0.15) is 0 Å². The van der Waals surface area contributed by atoms with E-state index in [1.165, 1.54) is 30.1 Å². The number of phenols is 2. The summed E-state index contributed by atoms with van der Waals surface area (Å²) in [5.74, 6) is -5.37. The maximum absolute atomic E-state index is 13.2. The number of oxime groups is 1. The number of carbonyl (C=O) groups is 5. The number of phenolic OH excluding ortho intramolecular Hbond substituents is 2. The van der Waals surface area contributed by atoms with Gasteiger partial charge in [0.2, 0.25) is 6.10 Å². The number of nitrogens with two attached hydrogens (primary N) is 1. The van der Waals surface area contributed by atoms with Crippen molar-refractivity contribution in [3.63, 3.8) is 0 Å². The van der Waals surface area contributed by atoms with Crippen molar-refractivity contribution in [1.82, 2.24) is 26.1 Å². The Balaban J connectivity index is 1.43. The Bertz CT molecular complexity index is 1530. The zero-order chi connectivity index (χ0) is 30.7. The largest absolute Gasteiger partial charge is 0.504 e. The van der Waals surface area contributed by atoms with E-state index in [4.69, 9.17) is 22.2 Å². The van der Waals surface area contributed by atoms with E-state index in [9.17, 15) is 39.3 Å². The molecule has 1 aromatic heterocycles. The average Bonchev–Trinajstić information content (AvgIpc) is 3.40. The number of aromatic hydroxyl groups is 2. The van der Waals surface area contributed by atoms with Crippen molar-refractivity contribution in [3.05, 3.63) is 46.1 Å². The van der Waals surface area contributed by atoms with Crippen molar-refractivity contribution in [1.29, 1.82) is 0 Å². The van der Waals surface area contributed by atoms with Crippen LogP contribution in [0.2, 0.25) is 0 Å². The number of hydrogen-bond donors (Lipinski definition) is 7. The maximum atomic E-state index is 13.2. The number of anilines is 1. The van der Waals surface area contributed by atoms with Gasteiger partial charge in [0.15, 0.2) is 22.3 Å². The highest BCUT2D eigenvalue weighted by Crippen LogP contribution is 2.40. The number of thioether (sulfide) groups is 1. The first kappa shape index (κ1) is 30.4. The van der Waals surface area contributed by atoms with Gasteiger partial charge in [-0.05, 0) is 30.7 Å². The van der Waals surface area contributed by atoms with Gasteiger partial charge in [-0.15, -0.1) is 34.7 Å². The molecule has 2 aliphatic heterocycles. The number of carboxylic acid groups (broad SMARTS) is 1. The highest BCUT2D eigenvalue weighted by molar-refractivity contribution is 8.00. The fourth-order valence-corrected chi connectivity index (χ4v) is 5.96. The molecule has 0 aliphatic carbocycles. The molecule has 42 heavy (non-hydrogen) atoms. The minimum Gasteiger partial charge on any atom is -0.504 e. The van der Waals surface area contributed by atoms with Crippen LogP contribution in [0.25, 0.3) is 0 Å². The lowest BCUT2D eigenvalue weighted by Crippen LogP contribution is -2.71. The van der Waals surface area contributed by atoms with Gasteiger partial charge in [-0.1, -0.05) is 5.16 Å². The molecule has 19 heteroatoms. The number of nitrogens with zero attached hydrogens (tertiary/aromatic N) is 3. The Kier molecular flexibility index (Phi) is 9.08. The van der Waals surface area contributed by atoms with Gasteiger partial charge in [-0.25, -0.2) is 9.78 Å². The van der Waals surface area contributed by atoms with Crippen molar-refractivity contribution < 1.29 is 44.1 Å². The van der Waals surface area contributed by atoms with E-state index in [2.05, 4.69) is 26.3 Å². The summed E-state index contributed by atoms with van der Waals surface area (Å²) in [7, 11) is 0. The maximum Gasteiger partial charge on any atom is 0.352 e. The second kappa shape index (κ2) is 12.5. The van der Waals surface area contributed by atoms with Crippen molar-refractivity contribution in [3.8, 4) is 11.5 Å². The average molecular weight is 640 g/mol. The fraction of sp³-hybridized carbons (Fsp3) is 0.261. The van der Waals surface area contributed by atoms with Crippen LogP contribution in [0.5, 0.6) is 11.5 Å². The van der Waals surface area contributed by atoms with Crippen LogP contribution in [-0.2, 0) is 24.0 Å². The summed E-state index contributed by atoms with van der Waals surface area (Å²) in [5, 5.41) is 35.5. The number of β-lactam (4-membered cyclic amide) rings is 1. The van der Waals surface area contributed by atoms with E-state index in [1.54, 1.807) is 0 Å². The first-order valence-corrected chi connectivity index (χ1v) is 14.2. The molecule has 1 fully saturated rings. The van der Waals surface area contributed by atoms with Crippen molar-refractivity contribution in [2.45, 2.75) is 24.4 Å². The molecule has 0 spiro atoms. The van der Waals surface area contributed by atoms with Crippen LogP contribution in [0.3, 0.4) is 0 Å². The number of benzene rings is 1. The second-order valence-corrected chi connectivity index (χ2v) is 10.9. The number of thiazole rings is 1. The zero-order valence-electron chi connectivity index (χ0n) is 21.4. The molecule has 3 unspecified atom stereocenters. The number of nitrogens with one attached hydrogen (secondary N) is 3. The van der Waals surface area contributed by atoms with Crippen LogP contribution in [0.15, 0.2) is 40.0 Å². The van der Waals surface area contributed by atoms with Crippen molar-refractivity contribution in [2.75, 3.05) is 17.4 Å². The number of fused-ring (bicyclic) bond motifs is 1. The minimum absolute atomic E-state index is 0.0153. The Morgan fingerprint density at radius 2 is 2.00 bits per heavy atom. The first-order chi connectivity index (χ1) is 19.9. The topological polar surface area (TPSA) is 246 Å². The summed E-state index contributed by atoms with van der Waals surface area (Å²) in [6.45, 7) is 1.27. The normalized spacial score (nSPS) is 18.9. The molecule has 8 N–H and O–H groups in total. The summed E-state index contributed by atoms with van der Waals surface area (Å²) >= 11 is 8.06. The molecular weight excluding hydrogens is 618 g/mol. The summed E-state index contributed by atoms with van der Waals surface area (Å²) in [5.41, 5.74) is 9.53. The third-order valence-electron chi connectivity index (χ3n) is 5.89. The summed E-state index contributed by atoms with van der Waals surface area (Å²) < 4.78 is 0. The number of alkyl halides is 1. The third kappa shape index (κ3) is 6.19. The number of aromatic nitrogens is 1. The van der Waals surface area contributed by atoms with Crippen LogP contribution >= 0.6 is 34.7 Å². The lowest BCUT2D eigenvalue weighted by atomic mass is 10.0. The number of aliphatic carboxylic acids is 1. The number of rotatable bonds is 9. The van der Waals surface area contributed by atoms with Gasteiger partial charge in [0, 0.05) is 22.6 Å². The quantitative estimate of drug-likeness (QED) is 0.0613. The van der Waals surface area contributed by atoms with Crippen LogP contribution < -0.4 is 21.9 Å². The highest BCUT2D eigenvalue weighted by atomic mass is 35.5. The van der Waals surface area contributed by atoms with Gasteiger partial charge in [-0.3, -0.25) is 34.9 Å². The number of hydrazine groups is 1. The SMILES string of the molecule is CC(O/N=C(/C(=O)NC1C(=O)N2C(C(=O)O)=C(CCl)CSC12)c1csc(N)n1)C(=O)NNC(=O)c1ccc(O)c(O)c1. The van der Waals surface area contributed by atoms with E-state index >= 15 is 0 Å². The molecule has 0 radical (unpaired) electrons. The number of hydrogen-bond acceptors (Lipinski definition) is 13. The fourth-order valence-electron chi connectivity index (χ4n) is 3.73. The Hall–Kier alpha value is -4.55. The standard InChI is InChI=1S/C23H22ClN7O9S2/c1-8(17(34)28-29-18(35)9-2-3-12(32)13(33)4-9)40-30-14(11-7-42-23(25)26-11)19(36)27-15-20(37)31-16(22(38)39)10(5-24)6-41-21(15)31/h2-4,7-8,15,21,32-33H,5-6H2,1H3,(H2,25,26)(H,27,36)(H,28,34)(H,29,35)(H,38,39)/b30-14+. The molecule has 2 aliphatic rings. The summed E-state index contributed by atoms with van der Waals surface area (Å²) in [4.78, 5) is 72.6. The molecule has 0 saturated carbocycles. The lowest BCUT2D eigenvalue weighted by Gasteiger charge is -2.49. The molecule has 0 bridgehead atoms. The number of carbonyl (C=O) groups excluding carboxylic acids is 4. The highest BCUT2D eigenvalue weighted by Gasteiger charge is 2.54. The molecule has 1 saturated heterocycles. The Morgan fingerprint density at radius 1 is 1.26 bits per heavy atom. The minimum atomic E-state index is -1.36. The number of amides is 4. The van der Waals surface area contributed by atoms with Crippen LogP contribution in [-0.4, -0.2) is 89.7 Å². The number of carboxylic acids is 1. The number of halogens is 1. The Morgan fingerprint density at radius 3 is 2.62 bits per heavy atom. The van der Waals surface area contributed by atoms with Gasteiger partial charge >= 0.3 is 5.97 Å². The molecule has 3 atom stereocenters. The molecule has 16 nitrogen and oxygen atoms in total. The van der Waals surface area contributed by atoms with Crippen LogP contribution in [0.4, 0.5) is 5.13 Å². The molecule has 1 aromatic carbocycles. The first-order valence-electron chi connectivity index (χ1n) is 11.8. The number of nitrogen functional groups attached to an aromatic ring is 1.